The summed E-state index contributed by atoms with van der Waals surface area (Å²) in [4.78, 5) is 12.3. The molecule has 13 heavy (non-hydrogen) atoms. The maximum absolute atomic E-state index is 11.3. The number of halogens is 1. The van der Waals surface area contributed by atoms with Crippen molar-refractivity contribution in [3.8, 4) is 0 Å². The first-order valence-corrected chi connectivity index (χ1v) is 6.40. The third-order valence-corrected chi connectivity index (χ3v) is 2.53. The number of carbonyl (C=O) groups excluding carboxylic acids is 1. The largest absolute Gasteiger partial charge is 0.451 e. The fourth-order valence-corrected chi connectivity index (χ4v) is 1.63. The van der Waals surface area contributed by atoms with Gasteiger partial charge in [0.1, 0.15) is 4.61 Å². The summed E-state index contributed by atoms with van der Waals surface area (Å²) in [6, 6.07) is 7.41. The molecule has 1 aromatic rings. The minimum atomic E-state index is -0.259. The van der Waals surface area contributed by atoms with Crippen LogP contribution in [-0.4, -0.2) is 16.8 Å². The zero-order chi connectivity index (χ0) is 9.68. The van der Waals surface area contributed by atoms with Gasteiger partial charge in [0.15, 0.2) is 0 Å². The number of rotatable bonds is 3. The SMILES string of the molecule is CSc1cccc(C(=O)OCI)c1. The van der Waals surface area contributed by atoms with E-state index in [1.807, 2.05) is 47.0 Å². The van der Waals surface area contributed by atoms with Gasteiger partial charge in [0.2, 0.25) is 0 Å². The molecule has 70 valence electrons. The van der Waals surface area contributed by atoms with Gasteiger partial charge in [0, 0.05) is 4.90 Å². The van der Waals surface area contributed by atoms with Crippen molar-refractivity contribution in [2.24, 2.45) is 0 Å². The van der Waals surface area contributed by atoms with Gasteiger partial charge in [-0.1, -0.05) is 6.07 Å². The average molecular weight is 308 g/mol. The smallest absolute Gasteiger partial charge is 0.338 e. The lowest BCUT2D eigenvalue weighted by molar-refractivity contribution is 0.0590. The second kappa shape index (κ2) is 5.49. The molecule has 0 bridgehead atoms. The third kappa shape index (κ3) is 3.19. The van der Waals surface area contributed by atoms with Gasteiger partial charge < -0.3 is 4.74 Å². The second-order valence-electron chi connectivity index (χ2n) is 2.27. The van der Waals surface area contributed by atoms with Gasteiger partial charge in [-0.05, 0) is 47.0 Å². The Balaban J connectivity index is 2.82. The molecule has 2 nitrogen and oxygen atoms in total. The molecular formula is C9H9IO2S. The summed E-state index contributed by atoms with van der Waals surface area (Å²) < 4.78 is 5.25. The molecule has 0 aliphatic carbocycles. The van der Waals surface area contributed by atoms with Gasteiger partial charge in [-0.25, -0.2) is 4.79 Å². The summed E-state index contributed by atoms with van der Waals surface area (Å²) in [5.41, 5.74) is 0.614. The van der Waals surface area contributed by atoms with E-state index in [1.54, 1.807) is 17.8 Å². The molecule has 1 rings (SSSR count). The fraction of sp³-hybridized carbons (Fsp3) is 0.222. The van der Waals surface area contributed by atoms with Crippen LogP contribution in [0.1, 0.15) is 10.4 Å². The molecule has 0 fully saturated rings. The van der Waals surface area contributed by atoms with Crippen molar-refractivity contribution in [3.05, 3.63) is 29.8 Å². The van der Waals surface area contributed by atoms with Crippen LogP contribution in [0.5, 0.6) is 0 Å². The quantitative estimate of drug-likeness (QED) is 0.372. The van der Waals surface area contributed by atoms with Crippen LogP contribution in [0.3, 0.4) is 0 Å². The minimum Gasteiger partial charge on any atom is -0.451 e. The van der Waals surface area contributed by atoms with E-state index >= 15 is 0 Å². The van der Waals surface area contributed by atoms with E-state index in [2.05, 4.69) is 0 Å². The first kappa shape index (κ1) is 10.8. The average Bonchev–Trinajstić information content (AvgIpc) is 2.18. The van der Waals surface area contributed by atoms with Gasteiger partial charge >= 0.3 is 5.97 Å². The summed E-state index contributed by atoms with van der Waals surface area (Å²) >= 11 is 3.61. The summed E-state index contributed by atoms with van der Waals surface area (Å²) in [7, 11) is 0. The van der Waals surface area contributed by atoms with Gasteiger partial charge in [-0.3, -0.25) is 0 Å². The van der Waals surface area contributed by atoms with Crippen LogP contribution in [0.2, 0.25) is 0 Å². The topological polar surface area (TPSA) is 26.3 Å². The fourth-order valence-electron chi connectivity index (χ4n) is 0.883. The molecule has 0 radical (unpaired) electrons. The molecule has 0 unspecified atom stereocenters. The number of alkyl halides is 1. The number of esters is 1. The normalized spacial score (nSPS) is 9.69. The highest BCUT2D eigenvalue weighted by Gasteiger charge is 2.05. The van der Waals surface area contributed by atoms with Crippen LogP contribution in [0.4, 0.5) is 0 Å². The molecule has 0 N–H and O–H groups in total. The van der Waals surface area contributed by atoms with Crippen LogP contribution in [0, 0.1) is 0 Å². The molecule has 0 spiro atoms. The Morgan fingerprint density at radius 1 is 1.62 bits per heavy atom. The van der Waals surface area contributed by atoms with E-state index in [1.165, 1.54) is 0 Å². The number of thioether (sulfide) groups is 1. The Labute approximate surface area is 95.2 Å². The highest BCUT2D eigenvalue weighted by atomic mass is 127. The van der Waals surface area contributed by atoms with Crippen LogP contribution in [0.15, 0.2) is 29.2 Å². The highest BCUT2D eigenvalue weighted by Crippen LogP contribution is 2.16. The number of ether oxygens (including phenoxy) is 1. The van der Waals surface area contributed by atoms with Crippen molar-refractivity contribution in [1.29, 1.82) is 0 Å². The molecule has 0 saturated heterocycles. The Bertz CT molecular complexity index is 301. The van der Waals surface area contributed by atoms with E-state index in [-0.39, 0.29) is 5.97 Å². The lowest BCUT2D eigenvalue weighted by atomic mass is 10.2. The predicted molar refractivity (Wildman–Crippen MR) is 62.5 cm³/mol. The first-order chi connectivity index (χ1) is 6.27. The maximum atomic E-state index is 11.3. The first-order valence-electron chi connectivity index (χ1n) is 3.65. The molecule has 4 heteroatoms. The van der Waals surface area contributed by atoms with Crippen LogP contribution in [-0.2, 0) is 4.74 Å². The van der Waals surface area contributed by atoms with Crippen molar-refractivity contribution in [2.75, 3.05) is 10.9 Å². The van der Waals surface area contributed by atoms with Gasteiger partial charge in [0.05, 0.1) is 5.56 Å². The summed E-state index contributed by atoms with van der Waals surface area (Å²) in [5, 5.41) is 0. The Kier molecular flexibility index (Phi) is 4.58. The molecule has 0 aromatic heterocycles. The van der Waals surface area contributed by atoms with Crippen molar-refractivity contribution < 1.29 is 9.53 Å². The zero-order valence-electron chi connectivity index (χ0n) is 7.12. The standard InChI is InChI=1S/C9H9IO2S/c1-13-8-4-2-3-7(5-8)9(11)12-6-10/h2-5H,6H2,1H3. The lowest BCUT2D eigenvalue weighted by Crippen LogP contribution is -2.02. The number of carbonyl (C=O) groups is 1. The Morgan fingerprint density at radius 2 is 2.38 bits per heavy atom. The van der Waals surface area contributed by atoms with Crippen LogP contribution < -0.4 is 0 Å². The summed E-state index contributed by atoms with van der Waals surface area (Å²) in [6.45, 7) is 0. The Morgan fingerprint density at radius 3 is 3.00 bits per heavy atom. The summed E-state index contributed by atoms with van der Waals surface area (Å²) in [6.07, 6.45) is 1.97. The molecule has 1 aromatic carbocycles. The second-order valence-corrected chi connectivity index (χ2v) is 3.78. The molecule has 0 atom stereocenters. The van der Waals surface area contributed by atoms with Gasteiger partial charge in [-0.2, -0.15) is 0 Å². The predicted octanol–water partition coefficient (Wildman–Crippen LogP) is 2.96. The number of benzene rings is 1. The molecule has 0 amide bonds. The van der Waals surface area contributed by atoms with E-state index in [0.717, 1.165) is 4.90 Å². The maximum Gasteiger partial charge on any atom is 0.338 e. The monoisotopic (exact) mass is 308 g/mol. The molecule has 0 saturated carbocycles. The van der Waals surface area contributed by atoms with Crippen molar-refractivity contribution in [2.45, 2.75) is 4.90 Å². The zero-order valence-corrected chi connectivity index (χ0v) is 10.1. The van der Waals surface area contributed by atoms with Crippen molar-refractivity contribution in [1.82, 2.24) is 0 Å². The Hall–Kier alpha value is -0.230. The van der Waals surface area contributed by atoms with E-state index in [4.69, 9.17) is 4.74 Å². The number of hydrogen-bond acceptors (Lipinski definition) is 3. The van der Waals surface area contributed by atoms with Crippen LogP contribution >= 0.6 is 34.4 Å². The number of hydrogen-bond donors (Lipinski definition) is 0. The van der Waals surface area contributed by atoms with E-state index in [9.17, 15) is 4.79 Å². The summed E-state index contributed by atoms with van der Waals surface area (Å²) in [5.74, 6) is -0.259. The van der Waals surface area contributed by atoms with E-state index < -0.39 is 0 Å². The van der Waals surface area contributed by atoms with Gasteiger partial charge in [-0.15, -0.1) is 11.8 Å². The van der Waals surface area contributed by atoms with Gasteiger partial charge in [0.25, 0.3) is 0 Å². The third-order valence-electron chi connectivity index (χ3n) is 1.49. The highest BCUT2D eigenvalue weighted by molar-refractivity contribution is 14.1. The minimum absolute atomic E-state index is 0.259. The van der Waals surface area contributed by atoms with Crippen molar-refractivity contribution in [3.63, 3.8) is 0 Å². The molecule has 0 aliphatic heterocycles. The molecule has 0 aliphatic rings. The molecule has 0 heterocycles. The van der Waals surface area contributed by atoms with Crippen molar-refractivity contribution >= 4 is 40.3 Å². The van der Waals surface area contributed by atoms with E-state index in [0.29, 0.717) is 10.2 Å². The lowest BCUT2D eigenvalue weighted by Gasteiger charge is -2.01. The molecular weight excluding hydrogens is 299 g/mol. The van der Waals surface area contributed by atoms with Crippen LogP contribution in [0.25, 0.3) is 0 Å².